The quantitative estimate of drug-likeness (QED) is 0.498. The van der Waals surface area contributed by atoms with Crippen molar-refractivity contribution in [3.8, 4) is 0 Å². The molecule has 0 amide bonds. The van der Waals surface area contributed by atoms with E-state index in [1.54, 1.807) is 0 Å². The molecule has 4 heteroatoms. The molecule has 0 heterocycles. The fourth-order valence-corrected chi connectivity index (χ4v) is 3.30. The van der Waals surface area contributed by atoms with Crippen LogP contribution in [0.25, 0.3) is 0 Å². The molecule has 0 spiro atoms. The molecule has 0 saturated carbocycles. The third-order valence-electron chi connectivity index (χ3n) is 2.05. The van der Waals surface area contributed by atoms with Gasteiger partial charge in [-0.2, -0.15) is 0 Å². The first-order valence-corrected chi connectivity index (χ1v) is 11.4. The molecule has 0 atom stereocenters. The second-order valence-corrected chi connectivity index (χ2v) is 8.84. The number of nitrogens with two attached hydrogens (primary N) is 1. The Morgan fingerprint density at radius 3 is 1.56 bits per heavy atom. The first kappa shape index (κ1) is 23.7. The van der Waals surface area contributed by atoms with Gasteiger partial charge in [0.2, 0.25) is 0 Å². The molecule has 0 bridgehead atoms. The van der Waals surface area contributed by atoms with Crippen LogP contribution in [0, 0.1) is 0 Å². The Kier molecular flexibility index (Phi) is 40.4. The van der Waals surface area contributed by atoms with E-state index in [9.17, 15) is 10.2 Å². The zero-order valence-electron chi connectivity index (χ0n) is 12.7. The second kappa shape index (κ2) is 30.6. The molecule has 0 aromatic rings. The van der Waals surface area contributed by atoms with E-state index in [0.29, 0.717) is 0 Å². The molecule has 18 heavy (non-hydrogen) atoms. The van der Waals surface area contributed by atoms with Gasteiger partial charge in [0.15, 0.2) is 0 Å². The van der Waals surface area contributed by atoms with Crippen molar-refractivity contribution in [2.45, 2.75) is 68.2 Å². The maximum atomic E-state index is 9.53. The topological polar surface area (TPSA) is 72.1 Å². The Morgan fingerprint density at radius 1 is 0.833 bits per heavy atom. The number of hydrogen-bond donors (Lipinski definition) is 1. The van der Waals surface area contributed by atoms with E-state index in [0.717, 1.165) is 32.2 Å². The van der Waals surface area contributed by atoms with Gasteiger partial charge >= 0.3 is 62.1 Å². The van der Waals surface area contributed by atoms with Crippen LogP contribution >= 0.6 is 0 Å². The Labute approximate surface area is 125 Å². The van der Waals surface area contributed by atoms with Gasteiger partial charge < -0.3 is 10.2 Å². The van der Waals surface area contributed by atoms with Gasteiger partial charge in [-0.05, 0) is 0 Å². The van der Waals surface area contributed by atoms with Crippen LogP contribution in [0.4, 0.5) is 0 Å². The molecular formula is C14H33NO2Sn. The van der Waals surface area contributed by atoms with Gasteiger partial charge in [0.1, 0.15) is 0 Å². The van der Waals surface area contributed by atoms with E-state index in [4.69, 9.17) is 5.73 Å². The number of hydrogen-bond acceptors (Lipinski definition) is 3. The summed E-state index contributed by atoms with van der Waals surface area (Å²) in [4.78, 5) is 0. The first-order chi connectivity index (χ1) is 8.74. The Morgan fingerprint density at radius 2 is 1.33 bits per heavy atom. The maximum absolute atomic E-state index is 9.53. The predicted octanol–water partition coefficient (Wildman–Crippen LogP) is 1.58. The number of unbranched alkanes of at least 4 members (excludes halogenated alkanes) is 3. The fourth-order valence-electron chi connectivity index (χ4n) is 0.860. The van der Waals surface area contributed by atoms with Crippen LogP contribution in [-0.2, 0) is 0 Å². The van der Waals surface area contributed by atoms with Crippen LogP contribution in [0.3, 0.4) is 0 Å². The summed E-state index contributed by atoms with van der Waals surface area (Å²) in [6.45, 7) is 7.40. The minimum absolute atomic E-state index is 0.0938. The zero-order valence-corrected chi connectivity index (χ0v) is 15.5. The predicted molar refractivity (Wildman–Crippen MR) is 78.9 cm³/mol. The van der Waals surface area contributed by atoms with Gasteiger partial charge in [0.25, 0.3) is 0 Å². The summed E-state index contributed by atoms with van der Waals surface area (Å²) in [5.74, 6) is 0. The molecule has 110 valence electrons. The summed E-state index contributed by atoms with van der Waals surface area (Å²) in [6.07, 6.45) is 6.38. The summed E-state index contributed by atoms with van der Waals surface area (Å²) < 4.78 is 3.03. The van der Waals surface area contributed by atoms with Crippen LogP contribution in [0.5, 0.6) is 0 Å². The SMILES string of the molecule is CCCC[O-].CCCC[O-].C[CH2][Sn+2][CH2]CCCN. The Balaban J connectivity index is -0.000000197. The molecule has 0 fully saturated rings. The Hall–Kier alpha value is 0.679. The van der Waals surface area contributed by atoms with Gasteiger partial charge in [0.05, 0.1) is 0 Å². The van der Waals surface area contributed by atoms with Crippen molar-refractivity contribution in [3.05, 3.63) is 0 Å². The van der Waals surface area contributed by atoms with E-state index >= 15 is 0 Å². The average molecular weight is 366 g/mol. The van der Waals surface area contributed by atoms with Gasteiger partial charge in [-0.1, -0.05) is 39.5 Å². The Bertz CT molecular complexity index is 89.8. The van der Waals surface area contributed by atoms with Crippen LogP contribution < -0.4 is 15.9 Å². The average Bonchev–Trinajstić information content (AvgIpc) is 2.38. The molecule has 0 aromatic carbocycles. The summed E-state index contributed by atoms with van der Waals surface area (Å²) in [5, 5.41) is 19.1. The molecule has 3 nitrogen and oxygen atoms in total. The van der Waals surface area contributed by atoms with E-state index in [1.807, 2.05) is 13.8 Å². The normalized spacial score (nSPS) is 8.56. The van der Waals surface area contributed by atoms with Crippen molar-refractivity contribution >= 4 is 21.1 Å². The summed E-state index contributed by atoms with van der Waals surface area (Å²) in [7, 11) is 0. The molecule has 0 rings (SSSR count). The van der Waals surface area contributed by atoms with Gasteiger partial charge in [-0.3, -0.25) is 0 Å². The second-order valence-electron chi connectivity index (χ2n) is 3.96. The minimum atomic E-state index is 0.0938. The van der Waals surface area contributed by atoms with E-state index < -0.39 is 0 Å². The fraction of sp³-hybridized carbons (Fsp3) is 1.00. The van der Waals surface area contributed by atoms with Crippen molar-refractivity contribution in [1.82, 2.24) is 0 Å². The molecule has 0 aromatic heterocycles. The van der Waals surface area contributed by atoms with Gasteiger partial charge in [-0.15, -0.1) is 13.2 Å². The van der Waals surface area contributed by atoms with Crippen molar-refractivity contribution in [2.24, 2.45) is 5.73 Å². The van der Waals surface area contributed by atoms with Crippen LogP contribution in [0.1, 0.15) is 59.3 Å². The molecule has 0 aliphatic rings. The van der Waals surface area contributed by atoms with Gasteiger partial charge in [0, 0.05) is 0 Å². The molecule has 0 saturated heterocycles. The summed E-state index contributed by atoms with van der Waals surface area (Å²) >= 11 is 0.115. The van der Waals surface area contributed by atoms with Crippen LogP contribution in [0.15, 0.2) is 0 Å². The van der Waals surface area contributed by atoms with Crippen molar-refractivity contribution in [3.63, 3.8) is 0 Å². The molecule has 0 aliphatic heterocycles. The first-order valence-electron chi connectivity index (χ1n) is 7.31. The zero-order chi connectivity index (χ0) is 14.5. The molecule has 0 unspecified atom stereocenters. The van der Waals surface area contributed by atoms with Crippen LogP contribution in [0.2, 0.25) is 8.87 Å². The molecule has 0 aliphatic carbocycles. The standard InChI is InChI=1S/C4H10N.2C4H9O.C2H5.Sn/c3*1-2-3-4-5;1-2;/h1-5H2;2*2-4H2,1H3;1H2,2H3;/q;2*-1;;+2. The van der Waals surface area contributed by atoms with Gasteiger partial charge in [-0.25, -0.2) is 0 Å². The van der Waals surface area contributed by atoms with Crippen molar-refractivity contribution in [2.75, 3.05) is 19.8 Å². The molecule has 0 radical (unpaired) electrons. The monoisotopic (exact) mass is 367 g/mol. The molecular weight excluding hydrogens is 333 g/mol. The van der Waals surface area contributed by atoms with Crippen molar-refractivity contribution < 1.29 is 10.2 Å². The summed E-state index contributed by atoms with van der Waals surface area (Å²) in [6, 6.07) is 0. The van der Waals surface area contributed by atoms with E-state index in [2.05, 4.69) is 6.92 Å². The van der Waals surface area contributed by atoms with E-state index in [1.165, 1.54) is 21.7 Å². The van der Waals surface area contributed by atoms with Crippen molar-refractivity contribution in [1.29, 1.82) is 0 Å². The summed E-state index contributed by atoms with van der Waals surface area (Å²) in [5.41, 5.74) is 5.33. The third-order valence-corrected chi connectivity index (χ3v) is 5.50. The molecule has 2 N–H and O–H groups in total. The van der Waals surface area contributed by atoms with Crippen LogP contribution in [-0.4, -0.2) is 40.9 Å². The van der Waals surface area contributed by atoms with E-state index in [-0.39, 0.29) is 34.4 Å². The number of rotatable bonds is 9. The third kappa shape index (κ3) is 43.8.